The van der Waals surface area contributed by atoms with E-state index in [4.69, 9.17) is 14.9 Å². The third-order valence-corrected chi connectivity index (χ3v) is 4.86. The van der Waals surface area contributed by atoms with Gasteiger partial charge in [-0.1, -0.05) is 96.6 Å². The lowest BCUT2D eigenvalue weighted by Gasteiger charge is -2.07. The first-order valence-electron chi connectivity index (χ1n) is 11.7. The van der Waals surface area contributed by atoms with Gasteiger partial charge in [-0.3, -0.25) is 0 Å². The molecule has 0 unspecified atom stereocenters. The molecule has 0 saturated carbocycles. The number of ether oxygens (including phenoxy) is 1. The molecule has 0 bridgehead atoms. The van der Waals surface area contributed by atoms with Crippen LogP contribution in [-0.2, 0) is 6.42 Å². The second-order valence-corrected chi connectivity index (χ2v) is 7.58. The molecule has 0 amide bonds. The maximum absolute atomic E-state index is 7.62. The highest BCUT2D eigenvalue weighted by Crippen LogP contribution is 2.16. The van der Waals surface area contributed by atoms with Crippen LogP contribution in [0.2, 0.25) is 0 Å². The normalized spacial score (nSPS) is 10.4. The van der Waals surface area contributed by atoms with E-state index in [9.17, 15) is 0 Å². The Morgan fingerprint density at radius 1 is 0.607 bits per heavy atom. The predicted octanol–water partition coefficient (Wildman–Crippen LogP) is 6.69. The van der Waals surface area contributed by atoms with Gasteiger partial charge in [0.15, 0.2) is 0 Å². The van der Waals surface area contributed by atoms with Crippen LogP contribution in [-0.4, -0.2) is 30.0 Å². The van der Waals surface area contributed by atoms with Crippen molar-refractivity contribution >= 4 is 0 Å². The quantitative estimate of drug-likeness (QED) is 0.289. The van der Waals surface area contributed by atoms with Crippen molar-refractivity contribution in [2.24, 2.45) is 0 Å². The fraction of sp³-hybridized carbons (Fsp3) is 0.760. The summed E-state index contributed by atoms with van der Waals surface area (Å²) in [6, 6.07) is 8.78. The van der Waals surface area contributed by atoms with Crippen LogP contribution in [0.25, 0.3) is 0 Å². The largest absolute Gasteiger partial charge is 0.494 e. The van der Waals surface area contributed by atoms with Gasteiger partial charge in [-0.2, -0.15) is 0 Å². The van der Waals surface area contributed by atoms with E-state index in [1.165, 1.54) is 95.5 Å². The molecule has 1 aromatic carbocycles. The highest BCUT2D eigenvalue weighted by molar-refractivity contribution is 5.27. The van der Waals surface area contributed by atoms with Crippen LogP contribution < -0.4 is 4.74 Å². The van der Waals surface area contributed by atoms with Crippen LogP contribution in [0.1, 0.15) is 103 Å². The molecule has 3 nitrogen and oxygen atoms in total. The smallest absolute Gasteiger partial charge is 0.119 e. The third-order valence-electron chi connectivity index (χ3n) is 4.86. The molecule has 3 heteroatoms. The molecule has 0 saturated heterocycles. The lowest BCUT2D eigenvalue weighted by Crippen LogP contribution is -1.97. The molecule has 0 radical (unpaired) electrons. The van der Waals surface area contributed by atoms with Gasteiger partial charge >= 0.3 is 0 Å². The molecule has 0 heterocycles. The Morgan fingerprint density at radius 2 is 1.07 bits per heavy atom. The van der Waals surface area contributed by atoms with Crippen molar-refractivity contribution in [1.82, 2.24) is 0 Å². The Hall–Kier alpha value is -1.06. The van der Waals surface area contributed by atoms with Crippen LogP contribution in [0.4, 0.5) is 0 Å². The zero-order valence-corrected chi connectivity index (χ0v) is 18.6. The summed E-state index contributed by atoms with van der Waals surface area (Å²) in [6.45, 7) is 5.16. The minimum Gasteiger partial charge on any atom is -0.494 e. The maximum atomic E-state index is 7.62. The summed E-state index contributed by atoms with van der Waals surface area (Å²) in [6.07, 6.45) is 18.8. The second kappa shape index (κ2) is 22.2. The van der Waals surface area contributed by atoms with Gasteiger partial charge in [0.05, 0.1) is 19.8 Å². The lowest BCUT2D eigenvalue weighted by atomic mass is 10.0. The average molecular weight is 395 g/mol. The molecule has 0 aromatic heterocycles. The zero-order chi connectivity index (χ0) is 20.7. The van der Waals surface area contributed by atoms with E-state index >= 15 is 0 Å². The Bertz CT molecular complexity index is 364. The van der Waals surface area contributed by atoms with Gasteiger partial charge in [-0.15, -0.1) is 0 Å². The number of aryl methyl sites for hydroxylation is 1. The molecule has 164 valence electrons. The van der Waals surface area contributed by atoms with Crippen molar-refractivity contribution in [3.63, 3.8) is 0 Å². The molecular formula is C25H46O3. The van der Waals surface area contributed by atoms with Gasteiger partial charge < -0.3 is 14.9 Å². The monoisotopic (exact) mass is 394 g/mol. The van der Waals surface area contributed by atoms with Crippen LogP contribution in [0, 0.1) is 0 Å². The van der Waals surface area contributed by atoms with E-state index in [1.54, 1.807) is 0 Å². The van der Waals surface area contributed by atoms with Crippen LogP contribution >= 0.6 is 0 Å². The number of benzene rings is 1. The van der Waals surface area contributed by atoms with Gasteiger partial charge in [0.1, 0.15) is 5.75 Å². The van der Waals surface area contributed by atoms with Crippen molar-refractivity contribution in [3.05, 3.63) is 29.8 Å². The summed E-state index contributed by atoms with van der Waals surface area (Å²) < 4.78 is 5.85. The van der Waals surface area contributed by atoms with Crippen molar-refractivity contribution in [1.29, 1.82) is 0 Å². The number of rotatable bonds is 17. The first kappa shape index (κ1) is 26.9. The van der Waals surface area contributed by atoms with Crippen LogP contribution in [0.3, 0.4) is 0 Å². The molecule has 0 atom stereocenters. The van der Waals surface area contributed by atoms with Crippen molar-refractivity contribution in [3.8, 4) is 5.75 Å². The van der Waals surface area contributed by atoms with E-state index in [1.807, 2.05) is 0 Å². The fourth-order valence-electron chi connectivity index (χ4n) is 3.11. The highest BCUT2D eigenvalue weighted by atomic mass is 16.5. The number of aliphatic hydroxyl groups is 2. The zero-order valence-electron chi connectivity index (χ0n) is 18.6. The summed E-state index contributed by atoms with van der Waals surface area (Å²) in [5.74, 6) is 1.03. The molecule has 2 N–H and O–H groups in total. The summed E-state index contributed by atoms with van der Waals surface area (Å²) in [7, 11) is 0. The minimum atomic E-state index is -0.125. The Kier molecular flexibility index (Phi) is 21.4. The standard InChI is InChI=1S/C23H40O.C2H6O2/c1-3-5-7-9-11-12-14-16-22-17-19-23(20-18-22)24-21-15-13-10-8-6-4-2;3-1-2-4/h17-20H,3-16,21H2,1-2H3;3-4H,1-2H2. The van der Waals surface area contributed by atoms with Crippen molar-refractivity contribution in [2.45, 2.75) is 104 Å². The number of aliphatic hydroxyl groups excluding tert-OH is 2. The molecule has 0 aliphatic rings. The number of hydrogen-bond donors (Lipinski definition) is 2. The van der Waals surface area contributed by atoms with Crippen molar-refractivity contribution < 1.29 is 14.9 Å². The third kappa shape index (κ3) is 18.3. The highest BCUT2D eigenvalue weighted by Gasteiger charge is 1.97. The molecule has 0 aliphatic heterocycles. The Balaban J connectivity index is 0.00000165. The van der Waals surface area contributed by atoms with Crippen molar-refractivity contribution in [2.75, 3.05) is 19.8 Å². The first-order valence-corrected chi connectivity index (χ1v) is 11.7. The molecule has 0 fully saturated rings. The molecule has 0 aliphatic carbocycles. The summed E-state index contributed by atoms with van der Waals surface area (Å²) in [4.78, 5) is 0. The minimum absolute atomic E-state index is 0.125. The van der Waals surface area contributed by atoms with E-state index < -0.39 is 0 Å². The number of unbranched alkanes of at least 4 members (excludes halogenated alkanes) is 11. The number of hydrogen-bond acceptors (Lipinski definition) is 3. The van der Waals surface area contributed by atoms with Gasteiger partial charge in [0.2, 0.25) is 0 Å². The van der Waals surface area contributed by atoms with E-state index in [2.05, 4.69) is 38.1 Å². The molecular weight excluding hydrogens is 348 g/mol. The first-order chi connectivity index (χ1) is 13.8. The second-order valence-electron chi connectivity index (χ2n) is 7.58. The van der Waals surface area contributed by atoms with Gasteiger partial charge in [-0.05, 0) is 37.0 Å². The molecule has 0 spiro atoms. The topological polar surface area (TPSA) is 49.7 Å². The van der Waals surface area contributed by atoms with Crippen LogP contribution in [0.5, 0.6) is 5.75 Å². The molecule has 1 rings (SSSR count). The van der Waals surface area contributed by atoms with Gasteiger partial charge in [-0.25, -0.2) is 0 Å². The SMILES string of the molecule is CCCCCCCCCc1ccc(OCCCCCCCC)cc1.OCCO. The maximum Gasteiger partial charge on any atom is 0.119 e. The van der Waals surface area contributed by atoms with Crippen LogP contribution in [0.15, 0.2) is 24.3 Å². The summed E-state index contributed by atoms with van der Waals surface area (Å²) >= 11 is 0. The van der Waals surface area contributed by atoms with Gasteiger partial charge in [0, 0.05) is 0 Å². The summed E-state index contributed by atoms with van der Waals surface area (Å²) in [5, 5.41) is 15.2. The predicted molar refractivity (Wildman–Crippen MR) is 121 cm³/mol. The van der Waals surface area contributed by atoms with E-state index in [0.717, 1.165) is 12.4 Å². The molecule has 1 aromatic rings. The Labute approximate surface area is 174 Å². The lowest BCUT2D eigenvalue weighted by molar-refractivity contribution is 0.186. The van der Waals surface area contributed by atoms with Gasteiger partial charge in [0.25, 0.3) is 0 Å². The van der Waals surface area contributed by atoms with E-state index in [-0.39, 0.29) is 13.2 Å². The summed E-state index contributed by atoms with van der Waals surface area (Å²) in [5.41, 5.74) is 1.45. The Morgan fingerprint density at radius 3 is 1.57 bits per heavy atom. The average Bonchev–Trinajstić information content (AvgIpc) is 2.73. The fourth-order valence-corrected chi connectivity index (χ4v) is 3.11. The van der Waals surface area contributed by atoms with E-state index in [0.29, 0.717) is 0 Å². The molecule has 28 heavy (non-hydrogen) atoms.